The van der Waals surface area contributed by atoms with Gasteiger partial charge in [0.05, 0.1) is 18.2 Å². The molecule has 0 saturated carbocycles. The monoisotopic (exact) mass is 301 g/mol. The third-order valence-corrected chi connectivity index (χ3v) is 2.95. The highest BCUT2D eigenvalue weighted by Gasteiger charge is 2.07. The predicted octanol–water partition coefficient (Wildman–Crippen LogP) is 2.48. The van der Waals surface area contributed by atoms with Crippen molar-refractivity contribution in [1.29, 1.82) is 0 Å². The number of ether oxygens (including phenoxy) is 2. The summed E-state index contributed by atoms with van der Waals surface area (Å²) in [7, 11) is 1.54. The largest absolute Gasteiger partial charge is 0.493 e. The molecule has 0 amide bonds. The van der Waals surface area contributed by atoms with Gasteiger partial charge in [0.25, 0.3) is 5.69 Å². The van der Waals surface area contributed by atoms with Crippen LogP contribution in [0.1, 0.15) is 11.1 Å². The van der Waals surface area contributed by atoms with Gasteiger partial charge in [-0.25, -0.2) is 0 Å². The van der Waals surface area contributed by atoms with Gasteiger partial charge < -0.3 is 15.3 Å². The number of nitro groups is 1. The van der Waals surface area contributed by atoms with Crippen molar-refractivity contribution >= 4 is 11.9 Å². The van der Waals surface area contributed by atoms with E-state index in [0.29, 0.717) is 11.5 Å². The third kappa shape index (κ3) is 3.72. The van der Waals surface area contributed by atoms with Gasteiger partial charge in [0.1, 0.15) is 6.61 Å². The fourth-order valence-electron chi connectivity index (χ4n) is 1.84. The summed E-state index contributed by atoms with van der Waals surface area (Å²) < 4.78 is 10.9. The Bertz CT molecular complexity index is 684. The van der Waals surface area contributed by atoms with E-state index in [1.54, 1.807) is 30.3 Å². The van der Waals surface area contributed by atoms with Crippen LogP contribution in [0.15, 0.2) is 47.6 Å². The van der Waals surface area contributed by atoms with Gasteiger partial charge in [-0.15, -0.1) is 0 Å². The van der Waals surface area contributed by atoms with Gasteiger partial charge >= 0.3 is 0 Å². The molecule has 7 heteroatoms. The molecule has 2 N–H and O–H groups in total. The lowest BCUT2D eigenvalue weighted by Crippen LogP contribution is -1.99. The first-order valence-corrected chi connectivity index (χ1v) is 6.41. The second kappa shape index (κ2) is 7.07. The Morgan fingerprint density at radius 1 is 1.23 bits per heavy atom. The number of hydrazone groups is 1. The molecule has 2 aromatic rings. The first-order chi connectivity index (χ1) is 10.6. The van der Waals surface area contributed by atoms with Crippen molar-refractivity contribution in [3.8, 4) is 11.5 Å². The molecule has 0 fully saturated rings. The molecule has 0 radical (unpaired) electrons. The highest BCUT2D eigenvalue weighted by Crippen LogP contribution is 2.28. The van der Waals surface area contributed by atoms with E-state index in [1.807, 2.05) is 0 Å². The number of rotatable bonds is 6. The molecule has 0 aromatic heterocycles. The number of non-ortho nitro benzene ring substituents is 1. The van der Waals surface area contributed by atoms with Crippen molar-refractivity contribution in [3.63, 3.8) is 0 Å². The Morgan fingerprint density at radius 2 is 1.95 bits per heavy atom. The lowest BCUT2D eigenvalue weighted by atomic mass is 10.2. The molecule has 2 rings (SSSR count). The van der Waals surface area contributed by atoms with E-state index < -0.39 is 4.92 Å². The first kappa shape index (κ1) is 15.3. The van der Waals surface area contributed by atoms with Gasteiger partial charge in [-0.1, -0.05) is 0 Å². The summed E-state index contributed by atoms with van der Waals surface area (Å²) in [5.41, 5.74) is 1.66. The zero-order valence-electron chi connectivity index (χ0n) is 11.9. The van der Waals surface area contributed by atoms with Crippen LogP contribution in [0.2, 0.25) is 0 Å². The van der Waals surface area contributed by atoms with E-state index in [4.69, 9.17) is 15.3 Å². The van der Waals surface area contributed by atoms with Crippen LogP contribution in [0, 0.1) is 10.1 Å². The van der Waals surface area contributed by atoms with Gasteiger partial charge in [0.15, 0.2) is 11.5 Å². The molecule has 0 aliphatic heterocycles. The summed E-state index contributed by atoms with van der Waals surface area (Å²) in [6, 6.07) is 11.5. The summed E-state index contributed by atoms with van der Waals surface area (Å²) in [5, 5.41) is 14.0. The van der Waals surface area contributed by atoms with Crippen molar-refractivity contribution < 1.29 is 14.4 Å². The molecule has 7 nitrogen and oxygen atoms in total. The predicted molar refractivity (Wildman–Crippen MR) is 82.2 cm³/mol. The number of methoxy groups -OCH3 is 1. The average molecular weight is 301 g/mol. The summed E-state index contributed by atoms with van der Waals surface area (Å²) >= 11 is 0. The molecule has 2 aromatic carbocycles. The molecule has 0 bridgehead atoms. The summed E-state index contributed by atoms with van der Waals surface area (Å²) in [6.45, 7) is 0.276. The fraction of sp³-hybridized carbons (Fsp3) is 0.133. The quantitative estimate of drug-likeness (QED) is 0.382. The zero-order valence-corrected chi connectivity index (χ0v) is 11.9. The van der Waals surface area contributed by atoms with Gasteiger partial charge in [-0.05, 0) is 41.5 Å². The van der Waals surface area contributed by atoms with Crippen LogP contribution in [0.3, 0.4) is 0 Å². The van der Waals surface area contributed by atoms with Crippen molar-refractivity contribution in [2.75, 3.05) is 7.11 Å². The summed E-state index contributed by atoms with van der Waals surface area (Å²) in [4.78, 5) is 10.2. The van der Waals surface area contributed by atoms with Crippen LogP contribution in [0.25, 0.3) is 0 Å². The van der Waals surface area contributed by atoms with Crippen LogP contribution in [0.5, 0.6) is 11.5 Å². The molecule has 0 heterocycles. The van der Waals surface area contributed by atoms with Gasteiger partial charge in [-0.3, -0.25) is 10.1 Å². The topological polar surface area (TPSA) is 100.0 Å². The third-order valence-electron chi connectivity index (χ3n) is 2.95. The first-order valence-electron chi connectivity index (χ1n) is 6.41. The Morgan fingerprint density at radius 3 is 2.55 bits per heavy atom. The molecule has 0 saturated heterocycles. The number of nitrogens with zero attached hydrogens (tertiary/aromatic N) is 2. The molecule has 0 atom stereocenters. The zero-order chi connectivity index (χ0) is 15.9. The maximum absolute atomic E-state index is 10.6. The normalized spacial score (nSPS) is 10.6. The van der Waals surface area contributed by atoms with Gasteiger partial charge in [0, 0.05) is 12.1 Å². The second-order valence-electron chi connectivity index (χ2n) is 4.40. The number of nitrogens with two attached hydrogens (primary N) is 1. The fourth-order valence-corrected chi connectivity index (χ4v) is 1.84. The minimum absolute atomic E-state index is 0.0479. The standard InChI is InChI=1S/C15H15N3O4/c1-21-15-8-12(9-17-16)4-7-14(15)22-10-11-2-5-13(6-3-11)18(19)20/h2-9H,10,16H2,1H3. The van der Waals surface area contributed by atoms with Crippen LogP contribution < -0.4 is 15.3 Å². The number of hydrogen-bond acceptors (Lipinski definition) is 6. The minimum Gasteiger partial charge on any atom is -0.493 e. The highest BCUT2D eigenvalue weighted by molar-refractivity contribution is 5.80. The van der Waals surface area contributed by atoms with Crippen molar-refractivity contribution in [2.45, 2.75) is 6.61 Å². The number of benzene rings is 2. The van der Waals surface area contributed by atoms with E-state index in [-0.39, 0.29) is 12.3 Å². The average Bonchev–Trinajstić information content (AvgIpc) is 2.54. The van der Waals surface area contributed by atoms with Gasteiger partial charge in [0.2, 0.25) is 0 Å². The maximum Gasteiger partial charge on any atom is 0.269 e. The van der Waals surface area contributed by atoms with Crippen molar-refractivity contribution in [3.05, 3.63) is 63.7 Å². The highest BCUT2D eigenvalue weighted by atomic mass is 16.6. The molecule has 0 unspecified atom stereocenters. The molecule has 0 aliphatic rings. The summed E-state index contributed by atoms with van der Waals surface area (Å²) in [6.07, 6.45) is 1.50. The molecular weight excluding hydrogens is 286 g/mol. The minimum atomic E-state index is -0.439. The summed E-state index contributed by atoms with van der Waals surface area (Å²) in [5.74, 6) is 6.23. The van der Waals surface area contributed by atoms with E-state index >= 15 is 0 Å². The molecule has 0 aliphatic carbocycles. The lowest BCUT2D eigenvalue weighted by molar-refractivity contribution is -0.384. The van der Waals surface area contributed by atoms with Crippen LogP contribution in [-0.4, -0.2) is 18.2 Å². The second-order valence-corrected chi connectivity index (χ2v) is 4.40. The van der Waals surface area contributed by atoms with Crippen LogP contribution >= 0.6 is 0 Å². The maximum atomic E-state index is 10.6. The van der Waals surface area contributed by atoms with E-state index in [1.165, 1.54) is 25.5 Å². The van der Waals surface area contributed by atoms with E-state index in [9.17, 15) is 10.1 Å². The Balaban J connectivity index is 2.09. The molecule has 0 spiro atoms. The number of hydrogen-bond donors (Lipinski definition) is 1. The Kier molecular flexibility index (Phi) is 4.92. The van der Waals surface area contributed by atoms with E-state index in [0.717, 1.165) is 11.1 Å². The Labute approximate surface area is 127 Å². The SMILES string of the molecule is COc1cc(C=NN)ccc1OCc1ccc([N+](=O)[O-])cc1. The van der Waals surface area contributed by atoms with Crippen LogP contribution in [-0.2, 0) is 6.61 Å². The van der Waals surface area contributed by atoms with Crippen molar-refractivity contribution in [2.24, 2.45) is 10.9 Å². The van der Waals surface area contributed by atoms with Gasteiger partial charge in [-0.2, -0.15) is 5.10 Å². The molecular formula is C15H15N3O4. The van der Waals surface area contributed by atoms with Crippen LogP contribution in [0.4, 0.5) is 5.69 Å². The molecule has 22 heavy (non-hydrogen) atoms. The lowest BCUT2D eigenvalue weighted by Gasteiger charge is -2.11. The molecule has 114 valence electrons. The van der Waals surface area contributed by atoms with E-state index in [2.05, 4.69) is 5.10 Å². The van der Waals surface area contributed by atoms with Crippen molar-refractivity contribution in [1.82, 2.24) is 0 Å². The smallest absolute Gasteiger partial charge is 0.269 e. The Hall–Kier alpha value is -3.09. The number of nitro benzene ring substituents is 1.